The van der Waals surface area contributed by atoms with Gasteiger partial charge in [0.1, 0.15) is 18.1 Å². The van der Waals surface area contributed by atoms with Crippen molar-refractivity contribution in [3.05, 3.63) is 126 Å². The molecule has 0 fully saturated rings. The van der Waals surface area contributed by atoms with Crippen molar-refractivity contribution in [2.45, 2.75) is 12.3 Å². The molecule has 4 nitrogen and oxygen atoms in total. The number of hydrogen-bond donors (Lipinski definition) is 1. The lowest BCUT2D eigenvalue weighted by Gasteiger charge is -2.14. The summed E-state index contributed by atoms with van der Waals surface area (Å²) in [6.45, 7) is 0.843. The summed E-state index contributed by atoms with van der Waals surface area (Å²) in [5, 5.41) is 2.84. The molecule has 0 spiro atoms. The van der Waals surface area contributed by atoms with E-state index in [-0.39, 0.29) is 12.0 Å². The number of hydrogen-bond acceptors (Lipinski definition) is 3. The maximum Gasteiger partial charge on any atom is 0.407 e. The third-order valence-corrected chi connectivity index (χ3v) is 6.09. The molecule has 0 radical (unpaired) electrons. The molecule has 0 aliphatic heterocycles. The molecule has 0 saturated carbocycles. The number of carbonyl (C=O) groups is 1. The average Bonchev–Trinajstić information content (AvgIpc) is 3.22. The molecule has 1 aliphatic carbocycles. The van der Waals surface area contributed by atoms with Gasteiger partial charge in [-0.3, -0.25) is 0 Å². The van der Waals surface area contributed by atoms with Gasteiger partial charge in [0.2, 0.25) is 0 Å². The second-order valence-corrected chi connectivity index (χ2v) is 8.43. The minimum atomic E-state index is -0.386. The van der Waals surface area contributed by atoms with Crippen LogP contribution in [0.25, 0.3) is 17.2 Å². The van der Waals surface area contributed by atoms with Crippen LogP contribution in [0.1, 0.15) is 29.0 Å². The van der Waals surface area contributed by atoms with Crippen LogP contribution in [0.4, 0.5) is 4.79 Å². The van der Waals surface area contributed by atoms with E-state index in [0.29, 0.717) is 19.6 Å². The summed E-state index contributed by atoms with van der Waals surface area (Å²) in [4.78, 5) is 12.3. The number of nitrogens with one attached hydrogen (secondary N) is 1. The molecule has 1 N–H and O–H groups in total. The van der Waals surface area contributed by atoms with Crippen molar-refractivity contribution in [1.82, 2.24) is 5.32 Å². The van der Waals surface area contributed by atoms with Crippen LogP contribution in [0, 0.1) is 0 Å². The van der Waals surface area contributed by atoms with Crippen molar-refractivity contribution in [2.24, 2.45) is 0 Å². The van der Waals surface area contributed by atoms with Gasteiger partial charge in [-0.1, -0.05) is 91.0 Å². The van der Waals surface area contributed by atoms with Gasteiger partial charge in [-0.05, 0) is 58.5 Å². The van der Waals surface area contributed by atoms with Crippen LogP contribution < -0.4 is 10.1 Å². The molecule has 4 aromatic rings. The first-order valence-corrected chi connectivity index (χ1v) is 11.9. The molecule has 0 bridgehead atoms. The lowest BCUT2D eigenvalue weighted by molar-refractivity contribution is 0.143. The van der Waals surface area contributed by atoms with Gasteiger partial charge >= 0.3 is 6.09 Å². The van der Waals surface area contributed by atoms with E-state index < -0.39 is 0 Å². The molecule has 0 atom stereocenters. The molecular weight excluding hydrogens is 434 g/mol. The molecule has 0 heterocycles. The molecule has 5 rings (SSSR count). The van der Waals surface area contributed by atoms with Gasteiger partial charge in [0.15, 0.2) is 0 Å². The normalized spacial score (nSPS) is 12.2. The Morgan fingerprint density at radius 1 is 0.743 bits per heavy atom. The smallest absolute Gasteiger partial charge is 0.407 e. The fourth-order valence-corrected chi connectivity index (χ4v) is 4.40. The predicted octanol–water partition coefficient (Wildman–Crippen LogP) is 7.42. The Morgan fingerprint density at radius 3 is 2.03 bits per heavy atom. The highest BCUT2D eigenvalue weighted by molar-refractivity contribution is 5.79. The van der Waals surface area contributed by atoms with Crippen LogP contribution in [0.5, 0.6) is 11.5 Å². The van der Waals surface area contributed by atoms with Crippen LogP contribution in [-0.2, 0) is 4.74 Å². The highest BCUT2D eigenvalue weighted by atomic mass is 16.5. The van der Waals surface area contributed by atoms with Crippen molar-refractivity contribution in [2.75, 3.05) is 13.2 Å². The molecule has 0 unspecified atom stereocenters. The SMILES string of the molecule is O=C(NCCC=Cc1ccc(Oc2ccccc2)cc1)OCC1c2ccccc2-c2ccccc21. The van der Waals surface area contributed by atoms with Crippen molar-refractivity contribution < 1.29 is 14.3 Å². The largest absolute Gasteiger partial charge is 0.457 e. The summed E-state index contributed by atoms with van der Waals surface area (Å²) in [7, 11) is 0. The number of rotatable bonds is 8. The molecule has 4 aromatic carbocycles. The van der Waals surface area contributed by atoms with Crippen molar-refractivity contribution in [1.29, 1.82) is 0 Å². The number of amides is 1. The van der Waals surface area contributed by atoms with Crippen LogP contribution in [0.3, 0.4) is 0 Å². The zero-order valence-corrected chi connectivity index (χ0v) is 19.4. The van der Waals surface area contributed by atoms with Gasteiger partial charge in [0.05, 0.1) is 0 Å². The minimum Gasteiger partial charge on any atom is -0.457 e. The number of para-hydroxylation sites is 1. The summed E-state index contributed by atoms with van der Waals surface area (Å²) in [5.74, 6) is 1.68. The topological polar surface area (TPSA) is 47.6 Å². The molecule has 1 amide bonds. The Bertz CT molecular complexity index is 1270. The van der Waals surface area contributed by atoms with Gasteiger partial charge < -0.3 is 14.8 Å². The lowest BCUT2D eigenvalue weighted by atomic mass is 9.98. The molecule has 0 aromatic heterocycles. The minimum absolute atomic E-state index is 0.0712. The number of ether oxygens (including phenoxy) is 2. The third-order valence-electron chi connectivity index (χ3n) is 6.09. The Labute approximate surface area is 205 Å². The van der Waals surface area contributed by atoms with E-state index in [1.807, 2.05) is 91.0 Å². The van der Waals surface area contributed by atoms with Crippen LogP contribution in [0.15, 0.2) is 109 Å². The Hall–Kier alpha value is -4.31. The van der Waals surface area contributed by atoms with E-state index in [9.17, 15) is 4.79 Å². The average molecular weight is 462 g/mol. The molecule has 0 saturated heterocycles. The molecule has 174 valence electrons. The molecule has 35 heavy (non-hydrogen) atoms. The molecular formula is C31H27NO3. The first-order chi connectivity index (χ1) is 17.3. The third kappa shape index (κ3) is 5.44. The van der Waals surface area contributed by atoms with Crippen LogP contribution in [-0.4, -0.2) is 19.2 Å². The number of alkyl carbamates (subject to hydrolysis) is 1. The number of benzene rings is 4. The first kappa shape index (κ1) is 22.5. The molecule has 4 heteroatoms. The standard InChI is InChI=1S/C31H27NO3/c33-31(34-22-30-28-15-6-4-13-26(28)27-14-5-7-16-29(27)30)32-21-9-8-10-23-17-19-25(20-18-23)35-24-11-2-1-3-12-24/h1-8,10-20,30H,9,21-22H2,(H,32,33). The monoisotopic (exact) mass is 461 g/mol. The summed E-state index contributed by atoms with van der Waals surface area (Å²) in [5.41, 5.74) is 5.95. The van der Waals surface area contributed by atoms with Crippen molar-refractivity contribution in [3.8, 4) is 22.6 Å². The fraction of sp³-hybridized carbons (Fsp3) is 0.129. The quantitative estimate of drug-likeness (QED) is 0.278. The Morgan fingerprint density at radius 2 is 1.34 bits per heavy atom. The van der Waals surface area contributed by atoms with E-state index in [0.717, 1.165) is 17.1 Å². The van der Waals surface area contributed by atoms with Gasteiger partial charge in [-0.25, -0.2) is 4.79 Å². The van der Waals surface area contributed by atoms with Crippen LogP contribution in [0.2, 0.25) is 0 Å². The Balaban J connectivity index is 1.06. The molecule has 1 aliphatic rings. The van der Waals surface area contributed by atoms with E-state index in [4.69, 9.17) is 9.47 Å². The van der Waals surface area contributed by atoms with Gasteiger partial charge in [-0.2, -0.15) is 0 Å². The van der Waals surface area contributed by atoms with E-state index in [1.54, 1.807) is 0 Å². The van der Waals surface area contributed by atoms with Gasteiger partial charge in [0, 0.05) is 12.5 Å². The van der Waals surface area contributed by atoms with Crippen molar-refractivity contribution >= 4 is 12.2 Å². The van der Waals surface area contributed by atoms with E-state index >= 15 is 0 Å². The summed E-state index contributed by atoms with van der Waals surface area (Å²) in [6, 6.07) is 34.3. The second kappa shape index (κ2) is 10.7. The maximum atomic E-state index is 12.3. The van der Waals surface area contributed by atoms with E-state index in [2.05, 4.69) is 29.6 Å². The van der Waals surface area contributed by atoms with Crippen molar-refractivity contribution in [3.63, 3.8) is 0 Å². The zero-order valence-electron chi connectivity index (χ0n) is 19.4. The summed E-state index contributed by atoms with van der Waals surface area (Å²) < 4.78 is 11.4. The first-order valence-electron chi connectivity index (χ1n) is 11.9. The number of fused-ring (bicyclic) bond motifs is 3. The Kier molecular flexibility index (Phi) is 6.90. The van der Waals surface area contributed by atoms with Crippen LogP contribution >= 0.6 is 0 Å². The predicted molar refractivity (Wildman–Crippen MR) is 140 cm³/mol. The second-order valence-electron chi connectivity index (χ2n) is 8.43. The highest BCUT2D eigenvalue weighted by Gasteiger charge is 2.28. The van der Waals surface area contributed by atoms with E-state index in [1.165, 1.54) is 22.3 Å². The van der Waals surface area contributed by atoms with Gasteiger partial charge in [0.25, 0.3) is 0 Å². The number of carbonyl (C=O) groups excluding carboxylic acids is 1. The lowest BCUT2D eigenvalue weighted by Crippen LogP contribution is -2.26. The van der Waals surface area contributed by atoms with Gasteiger partial charge in [-0.15, -0.1) is 0 Å². The summed E-state index contributed by atoms with van der Waals surface area (Å²) >= 11 is 0. The zero-order chi connectivity index (χ0) is 23.9. The fourth-order valence-electron chi connectivity index (χ4n) is 4.40. The summed E-state index contributed by atoms with van der Waals surface area (Å²) in [6.07, 6.45) is 4.40. The highest BCUT2D eigenvalue weighted by Crippen LogP contribution is 2.44. The maximum absolute atomic E-state index is 12.3.